The van der Waals surface area contributed by atoms with Gasteiger partial charge in [0.05, 0.1) is 25.0 Å². The minimum atomic E-state index is -0.246. The lowest BCUT2D eigenvalue weighted by atomic mass is 10.0. The van der Waals surface area contributed by atoms with E-state index in [0.29, 0.717) is 0 Å². The molecule has 2 aromatic rings. The van der Waals surface area contributed by atoms with Crippen molar-refractivity contribution in [1.29, 1.82) is 0 Å². The SMILES string of the molecule is COc1cc(C(N)c2cnnn2C)ccc1C. The number of benzene rings is 1. The second-order valence-electron chi connectivity index (χ2n) is 3.99. The molecule has 5 nitrogen and oxygen atoms in total. The molecular weight excluding hydrogens is 216 g/mol. The van der Waals surface area contributed by atoms with E-state index in [-0.39, 0.29) is 6.04 Å². The standard InChI is InChI=1S/C12H16N4O/c1-8-4-5-9(6-11(8)17-3)12(13)10-7-14-15-16(10)2/h4-7,12H,13H2,1-3H3. The summed E-state index contributed by atoms with van der Waals surface area (Å²) < 4.78 is 6.97. The number of nitrogens with two attached hydrogens (primary N) is 1. The lowest BCUT2D eigenvalue weighted by Crippen LogP contribution is -2.16. The fourth-order valence-corrected chi connectivity index (χ4v) is 1.78. The summed E-state index contributed by atoms with van der Waals surface area (Å²) in [5.74, 6) is 0.841. The Balaban J connectivity index is 2.38. The van der Waals surface area contributed by atoms with E-state index in [9.17, 15) is 0 Å². The molecule has 0 aliphatic carbocycles. The van der Waals surface area contributed by atoms with Gasteiger partial charge < -0.3 is 10.5 Å². The van der Waals surface area contributed by atoms with Crippen LogP contribution in [0.3, 0.4) is 0 Å². The van der Waals surface area contributed by atoms with Crippen molar-refractivity contribution in [3.8, 4) is 5.75 Å². The van der Waals surface area contributed by atoms with Crippen molar-refractivity contribution in [2.75, 3.05) is 7.11 Å². The van der Waals surface area contributed by atoms with E-state index in [0.717, 1.165) is 22.6 Å². The van der Waals surface area contributed by atoms with Gasteiger partial charge in [0, 0.05) is 7.05 Å². The maximum Gasteiger partial charge on any atom is 0.122 e. The van der Waals surface area contributed by atoms with Gasteiger partial charge in [0.25, 0.3) is 0 Å². The molecule has 0 fully saturated rings. The van der Waals surface area contributed by atoms with Gasteiger partial charge in [-0.05, 0) is 24.1 Å². The monoisotopic (exact) mass is 232 g/mol. The first-order chi connectivity index (χ1) is 8.13. The van der Waals surface area contributed by atoms with Gasteiger partial charge in [-0.3, -0.25) is 4.68 Å². The molecule has 2 N–H and O–H groups in total. The van der Waals surface area contributed by atoms with Gasteiger partial charge in [-0.15, -0.1) is 5.10 Å². The summed E-state index contributed by atoms with van der Waals surface area (Å²) in [5.41, 5.74) is 9.12. The smallest absolute Gasteiger partial charge is 0.122 e. The summed E-state index contributed by atoms with van der Waals surface area (Å²) in [7, 11) is 3.48. The summed E-state index contributed by atoms with van der Waals surface area (Å²) in [4.78, 5) is 0. The number of methoxy groups -OCH3 is 1. The van der Waals surface area contributed by atoms with Gasteiger partial charge in [0.1, 0.15) is 5.75 Å². The van der Waals surface area contributed by atoms with Gasteiger partial charge in [0.2, 0.25) is 0 Å². The lowest BCUT2D eigenvalue weighted by molar-refractivity contribution is 0.411. The van der Waals surface area contributed by atoms with Crippen LogP contribution in [0.2, 0.25) is 0 Å². The first-order valence-corrected chi connectivity index (χ1v) is 5.38. The molecule has 0 radical (unpaired) electrons. The predicted octanol–water partition coefficient (Wildman–Crippen LogP) is 1.18. The number of nitrogens with zero attached hydrogens (tertiary/aromatic N) is 3. The number of ether oxygens (including phenoxy) is 1. The third-order valence-electron chi connectivity index (χ3n) is 2.86. The molecule has 1 aromatic carbocycles. The van der Waals surface area contributed by atoms with E-state index in [2.05, 4.69) is 10.3 Å². The van der Waals surface area contributed by atoms with Gasteiger partial charge in [0.15, 0.2) is 0 Å². The van der Waals surface area contributed by atoms with Crippen molar-refractivity contribution in [3.05, 3.63) is 41.2 Å². The van der Waals surface area contributed by atoms with E-state index in [1.165, 1.54) is 0 Å². The highest BCUT2D eigenvalue weighted by molar-refractivity contribution is 5.39. The zero-order valence-electron chi connectivity index (χ0n) is 10.2. The summed E-state index contributed by atoms with van der Waals surface area (Å²) in [6.07, 6.45) is 1.68. The lowest BCUT2D eigenvalue weighted by Gasteiger charge is -2.14. The van der Waals surface area contributed by atoms with E-state index in [4.69, 9.17) is 10.5 Å². The molecule has 0 spiro atoms. The van der Waals surface area contributed by atoms with Crippen molar-refractivity contribution >= 4 is 0 Å². The Bertz CT molecular complexity index is 521. The number of aryl methyl sites for hydroxylation is 2. The molecular formula is C12H16N4O. The molecule has 0 saturated carbocycles. The van der Waals surface area contributed by atoms with Gasteiger partial charge in [-0.1, -0.05) is 17.3 Å². The van der Waals surface area contributed by atoms with Gasteiger partial charge in [-0.25, -0.2) is 0 Å². The summed E-state index contributed by atoms with van der Waals surface area (Å²) in [6, 6.07) is 5.70. The second-order valence-corrected chi connectivity index (χ2v) is 3.99. The minimum Gasteiger partial charge on any atom is -0.496 e. The first-order valence-electron chi connectivity index (χ1n) is 5.38. The van der Waals surface area contributed by atoms with Crippen LogP contribution in [0.4, 0.5) is 0 Å². The normalized spacial score (nSPS) is 12.5. The summed E-state index contributed by atoms with van der Waals surface area (Å²) >= 11 is 0. The van der Waals surface area contributed by atoms with E-state index in [1.807, 2.05) is 32.2 Å². The average molecular weight is 232 g/mol. The summed E-state index contributed by atoms with van der Waals surface area (Å²) in [6.45, 7) is 2.00. The topological polar surface area (TPSA) is 66.0 Å². The van der Waals surface area contributed by atoms with Gasteiger partial charge in [-0.2, -0.15) is 0 Å². The molecule has 0 bridgehead atoms. The molecule has 1 atom stereocenters. The molecule has 1 aromatic heterocycles. The van der Waals surface area contributed by atoms with Crippen molar-refractivity contribution in [2.24, 2.45) is 12.8 Å². The van der Waals surface area contributed by atoms with E-state index < -0.39 is 0 Å². The van der Waals surface area contributed by atoms with Crippen LogP contribution < -0.4 is 10.5 Å². The molecule has 2 rings (SSSR count). The Morgan fingerprint density at radius 1 is 1.41 bits per heavy atom. The second kappa shape index (κ2) is 4.55. The minimum absolute atomic E-state index is 0.246. The van der Waals surface area contributed by atoms with Crippen LogP contribution in [0.15, 0.2) is 24.4 Å². The third kappa shape index (κ3) is 2.14. The van der Waals surface area contributed by atoms with Crippen LogP contribution >= 0.6 is 0 Å². The maximum atomic E-state index is 6.18. The van der Waals surface area contributed by atoms with Crippen LogP contribution in [-0.2, 0) is 7.05 Å². The number of hydrogen-bond donors (Lipinski definition) is 1. The Labute approximate surface area is 100 Å². The van der Waals surface area contributed by atoms with Gasteiger partial charge >= 0.3 is 0 Å². The average Bonchev–Trinajstić information content (AvgIpc) is 2.75. The van der Waals surface area contributed by atoms with Crippen LogP contribution in [0.25, 0.3) is 0 Å². The Morgan fingerprint density at radius 2 is 2.18 bits per heavy atom. The number of hydrogen-bond acceptors (Lipinski definition) is 4. The Morgan fingerprint density at radius 3 is 2.76 bits per heavy atom. The highest BCUT2D eigenvalue weighted by Gasteiger charge is 2.14. The molecule has 1 heterocycles. The molecule has 0 aliphatic rings. The maximum absolute atomic E-state index is 6.18. The molecule has 0 saturated heterocycles. The molecule has 5 heteroatoms. The zero-order valence-corrected chi connectivity index (χ0v) is 10.2. The van der Waals surface area contributed by atoms with Crippen molar-refractivity contribution in [2.45, 2.75) is 13.0 Å². The first kappa shape index (κ1) is 11.6. The van der Waals surface area contributed by atoms with E-state index in [1.54, 1.807) is 18.0 Å². The Hall–Kier alpha value is -1.88. The molecule has 1 unspecified atom stereocenters. The summed E-state index contributed by atoms with van der Waals surface area (Å²) in [5, 5.41) is 7.71. The van der Waals surface area contributed by atoms with Crippen LogP contribution in [-0.4, -0.2) is 22.1 Å². The van der Waals surface area contributed by atoms with Crippen LogP contribution in [0, 0.1) is 6.92 Å². The van der Waals surface area contributed by atoms with Crippen LogP contribution in [0.1, 0.15) is 22.9 Å². The largest absolute Gasteiger partial charge is 0.496 e. The highest BCUT2D eigenvalue weighted by Crippen LogP contribution is 2.25. The van der Waals surface area contributed by atoms with Crippen LogP contribution in [0.5, 0.6) is 5.75 Å². The number of aromatic nitrogens is 3. The zero-order chi connectivity index (χ0) is 12.4. The quantitative estimate of drug-likeness (QED) is 0.863. The predicted molar refractivity (Wildman–Crippen MR) is 64.8 cm³/mol. The molecule has 0 aliphatic heterocycles. The fourth-order valence-electron chi connectivity index (χ4n) is 1.78. The Kier molecular flexibility index (Phi) is 3.10. The van der Waals surface area contributed by atoms with Crippen molar-refractivity contribution in [1.82, 2.24) is 15.0 Å². The molecule has 0 amide bonds. The number of rotatable bonds is 3. The third-order valence-corrected chi connectivity index (χ3v) is 2.86. The molecule has 17 heavy (non-hydrogen) atoms. The van der Waals surface area contributed by atoms with E-state index >= 15 is 0 Å². The van der Waals surface area contributed by atoms with Crippen molar-refractivity contribution in [3.63, 3.8) is 0 Å². The molecule has 90 valence electrons. The highest BCUT2D eigenvalue weighted by atomic mass is 16.5. The fraction of sp³-hybridized carbons (Fsp3) is 0.333. The van der Waals surface area contributed by atoms with Crippen molar-refractivity contribution < 1.29 is 4.74 Å².